The number of hydrogen-bond acceptors (Lipinski definition) is 4. The van der Waals surface area contributed by atoms with Crippen LogP contribution in [-0.4, -0.2) is 15.9 Å². The molecule has 1 saturated carbocycles. The van der Waals surface area contributed by atoms with Gasteiger partial charge in [-0.3, -0.25) is 4.79 Å². The van der Waals surface area contributed by atoms with Crippen molar-refractivity contribution < 1.29 is 4.79 Å². The molecular weight excluding hydrogens is 432 g/mol. The predicted octanol–water partition coefficient (Wildman–Crippen LogP) is 6.21. The Morgan fingerprint density at radius 2 is 1.74 bits per heavy atom. The quantitative estimate of drug-likeness (QED) is 0.354. The van der Waals surface area contributed by atoms with Crippen molar-refractivity contribution in [1.82, 2.24) is 9.97 Å². The largest absolute Gasteiger partial charge is 0.399 e. The summed E-state index contributed by atoms with van der Waals surface area (Å²) in [7, 11) is 0. The molecule has 0 aliphatic heterocycles. The molecule has 6 rings (SSSR count). The molecule has 1 heterocycles. The minimum absolute atomic E-state index is 0.0458. The van der Waals surface area contributed by atoms with E-state index >= 15 is 0 Å². The van der Waals surface area contributed by atoms with Gasteiger partial charge in [0.2, 0.25) is 5.91 Å². The third-order valence-corrected chi connectivity index (χ3v) is 7.44. The van der Waals surface area contributed by atoms with Crippen molar-refractivity contribution in [2.45, 2.75) is 57.3 Å². The summed E-state index contributed by atoms with van der Waals surface area (Å²) in [5.41, 5.74) is 13.0. The number of nitrogen functional groups attached to an aromatic ring is 1. The van der Waals surface area contributed by atoms with Gasteiger partial charge in [-0.05, 0) is 59.7 Å². The van der Waals surface area contributed by atoms with E-state index in [9.17, 15) is 4.79 Å². The van der Waals surface area contributed by atoms with E-state index in [1.165, 1.54) is 30.2 Å². The second-order valence-electron chi connectivity index (χ2n) is 9.91. The van der Waals surface area contributed by atoms with Gasteiger partial charge in [-0.2, -0.15) is 0 Å². The summed E-state index contributed by atoms with van der Waals surface area (Å²) in [5.74, 6) is 0.938. The number of benzene rings is 3. The van der Waals surface area contributed by atoms with Crippen LogP contribution in [0.15, 0.2) is 60.7 Å². The van der Waals surface area contributed by atoms with Gasteiger partial charge in [0.15, 0.2) is 5.82 Å². The molecule has 5 nitrogen and oxygen atoms in total. The van der Waals surface area contributed by atoms with Crippen molar-refractivity contribution in [3.63, 3.8) is 0 Å². The van der Waals surface area contributed by atoms with E-state index in [2.05, 4.69) is 41.7 Å². The van der Waals surface area contributed by atoms with Gasteiger partial charge in [-0.1, -0.05) is 67.8 Å². The van der Waals surface area contributed by atoms with Crippen LogP contribution in [0.2, 0.25) is 0 Å². The fourth-order valence-electron chi connectivity index (χ4n) is 5.64. The van der Waals surface area contributed by atoms with Crippen molar-refractivity contribution in [3.8, 4) is 11.3 Å². The number of fused-ring (bicyclic) bond motifs is 4. The summed E-state index contributed by atoms with van der Waals surface area (Å²) in [4.78, 5) is 23.4. The first-order chi connectivity index (χ1) is 17.1. The lowest BCUT2D eigenvalue weighted by molar-refractivity contribution is -0.115. The molecule has 3 aromatic carbocycles. The van der Waals surface area contributed by atoms with Crippen LogP contribution in [0.25, 0.3) is 22.0 Å². The highest BCUT2D eigenvalue weighted by molar-refractivity contribution is 5.93. The highest BCUT2D eigenvalue weighted by Gasteiger charge is 2.27. The average Bonchev–Trinajstić information content (AvgIpc) is 2.88. The number of aromatic nitrogens is 2. The van der Waals surface area contributed by atoms with Gasteiger partial charge in [0.05, 0.1) is 23.5 Å². The number of carbonyl (C=O) groups excluding carboxylic acids is 1. The Balaban J connectivity index is 1.33. The van der Waals surface area contributed by atoms with Gasteiger partial charge in [0.25, 0.3) is 0 Å². The molecule has 0 saturated heterocycles. The maximum Gasteiger partial charge on any atom is 0.229 e. The Morgan fingerprint density at radius 1 is 0.914 bits per heavy atom. The first kappa shape index (κ1) is 21.8. The summed E-state index contributed by atoms with van der Waals surface area (Å²) in [6.45, 7) is 0. The maximum atomic E-state index is 13.2. The first-order valence-corrected chi connectivity index (χ1v) is 12.7. The molecule has 1 aromatic heterocycles. The molecule has 0 bridgehead atoms. The number of nitrogens with zero attached hydrogens (tertiary/aromatic N) is 2. The summed E-state index contributed by atoms with van der Waals surface area (Å²) >= 11 is 0. The van der Waals surface area contributed by atoms with Crippen LogP contribution in [-0.2, 0) is 24.1 Å². The molecule has 1 fully saturated rings. The highest BCUT2D eigenvalue weighted by atomic mass is 16.1. The lowest BCUT2D eigenvalue weighted by atomic mass is 9.85. The number of carbonyl (C=O) groups is 1. The maximum absolute atomic E-state index is 13.2. The zero-order valence-corrected chi connectivity index (χ0v) is 19.9. The van der Waals surface area contributed by atoms with E-state index in [0.29, 0.717) is 18.2 Å². The normalized spacial score (nSPS) is 15.4. The van der Waals surface area contributed by atoms with Crippen molar-refractivity contribution >= 4 is 28.2 Å². The Morgan fingerprint density at radius 3 is 2.60 bits per heavy atom. The van der Waals surface area contributed by atoms with Gasteiger partial charge in [0, 0.05) is 17.2 Å². The van der Waals surface area contributed by atoms with Gasteiger partial charge in [0.1, 0.15) is 0 Å². The lowest BCUT2D eigenvalue weighted by Gasteiger charge is -2.26. The third-order valence-electron chi connectivity index (χ3n) is 7.44. The molecule has 5 heteroatoms. The Labute approximate surface area is 205 Å². The average molecular weight is 463 g/mol. The SMILES string of the molecule is Nc1ccc2c(c1)CCc1nc(NC(=O)Cc3ccc4ccccc4c3)c(C3CCCCC3)nc1-2. The number of nitrogens with two attached hydrogens (primary N) is 1. The van der Waals surface area contributed by atoms with Crippen LogP contribution in [0.1, 0.15) is 60.5 Å². The second-order valence-corrected chi connectivity index (χ2v) is 9.91. The summed E-state index contributed by atoms with van der Waals surface area (Å²) in [5, 5.41) is 5.48. The molecule has 3 N–H and O–H groups in total. The van der Waals surface area contributed by atoms with E-state index < -0.39 is 0 Å². The molecule has 0 spiro atoms. The van der Waals surface area contributed by atoms with Crippen molar-refractivity contribution in [2.24, 2.45) is 0 Å². The Kier molecular flexibility index (Phi) is 5.69. The van der Waals surface area contributed by atoms with Gasteiger partial charge < -0.3 is 11.1 Å². The Bertz CT molecular complexity index is 1420. The monoisotopic (exact) mass is 462 g/mol. The van der Waals surface area contributed by atoms with E-state index in [4.69, 9.17) is 15.7 Å². The fourth-order valence-corrected chi connectivity index (χ4v) is 5.64. The zero-order valence-electron chi connectivity index (χ0n) is 19.9. The van der Waals surface area contributed by atoms with Crippen molar-refractivity contribution in [2.75, 3.05) is 11.1 Å². The first-order valence-electron chi connectivity index (χ1n) is 12.7. The highest BCUT2D eigenvalue weighted by Crippen LogP contribution is 2.39. The van der Waals surface area contributed by atoms with Gasteiger partial charge in [-0.15, -0.1) is 0 Å². The van der Waals surface area contributed by atoms with Crippen molar-refractivity contribution in [1.29, 1.82) is 0 Å². The smallest absolute Gasteiger partial charge is 0.229 e. The number of rotatable bonds is 4. The van der Waals surface area contributed by atoms with Crippen LogP contribution >= 0.6 is 0 Å². The number of aryl methyl sites for hydroxylation is 2. The topological polar surface area (TPSA) is 80.9 Å². The number of amides is 1. The third kappa shape index (κ3) is 4.39. The van der Waals surface area contributed by atoms with Gasteiger partial charge in [-0.25, -0.2) is 9.97 Å². The molecule has 4 aromatic rings. The standard InChI is InChI=1S/C30H30N4O/c31-24-13-14-25-23(18-24)12-15-26-29(25)34-28(21-7-2-1-3-8-21)30(32-26)33-27(35)17-19-10-11-20-6-4-5-9-22(20)16-19/h4-6,9-11,13-14,16,18,21H,1-3,7-8,12,15,17,31H2,(H,32,33,35). The zero-order chi connectivity index (χ0) is 23.8. The minimum Gasteiger partial charge on any atom is -0.399 e. The Hall–Kier alpha value is -3.73. The number of nitrogens with one attached hydrogen (secondary N) is 1. The predicted molar refractivity (Wildman–Crippen MR) is 141 cm³/mol. The van der Waals surface area contributed by atoms with Crippen LogP contribution in [0, 0.1) is 0 Å². The molecule has 35 heavy (non-hydrogen) atoms. The molecule has 0 unspecified atom stereocenters. The van der Waals surface area contributed by atoms with E-state index in [-0.39, 0.29) is 5.91 Å². The number of hydrogen-bond donors (Lipinski definition) is 2. The summed E-state index contributed by atoms with van der Waals surface area (Å²) < 4.78 is 0. The summed E-state index contributed by atoms with van der Waals surface area (Å²) in [6, 6.07) is 20.5. The second kappa shape index (κ2) is 9.14. The van der Waals surface area contributed by atoms with Crippen LogP contribution in [0.4, 0.5) is 11.5 Å². The molecule has 0 atom stereocenters. The van der Waals surface area contributed by atoms with E-state index in [1.807, 2.05) is 24.3 Å². The molecular formula is C30H30N4O. The fraction of sp³-hybridized carbons (Fsp3) is 0.300. The molecule has 2 aliphatic rings. The lowest BCUT2D eigenvalue weighted by Crippen LogP contribution is -2.21. The molecule has 176 valence electrons. The minimum atomic E-state index is -0.0458. The van der Waals surface area contributed by atoms with Crippen LogP contribution < -0.4 is 11.1 Å². The summed E-state index contributed by atoms with van der Waals surface area (Å²) in [6.07, 6.45) is 7.84. The van der Waals surface area contributed by atoms with Crippen LogP contribution in [0.3, 0.4) is 0 Å². The van der Waals surface area contributed by atoms with E-state index in [1.54, 1.807) is 0 Å². The molecule has 0 radical (unpaired) electrons. The van der Waals surface area contributed by atoms with Crippen molar-refractivity contribution in [3.05, 3.63) is 83.2 Å². The molecule has 1 amide bonds. The van der Waals surface area contributed by atoms with E-state index in [0.717, 1.165) is 65.0 Å². The van der Waals surface area contributed by atoms with Crippen LogP contribution in [0.5, 0.6) is 0 Å². The van der Waals surface area contributed by atoms with Gasteiger partial charge >= 0.3 is 0 Å². The number of anilines is 2. The molecule has 2 aliphatic carbocycles.